The maximum atomic E-state index is 13.4. The Morgan fingerprint density at radius 2 is 2.13 bits per heavy atom. The smallest absolute Gasteiger partial charge is 0.262 e. The Labute approximate surface area is 183 Å². The summed E-state index contributed by atoms with van der Waals surface area (Å²) in [6, 6.07) is 10.8. The standard InChI is InChI=1S/C23H24N4OS2/c1-14(19-12-29-15(2)26-19)27-13-25-22-21(23(27)28)18-9-8-17(10-20(18)30-22)24-11-16-6-4-3-5-7-16/h3-7,12-14,17,24H,8-11H2,1-2H3. The van der Waals surface area contributed by atoms with E-state index in [-0.39, 0.29) is 11.6 Å². The van der Waals surface area contributed by atoms with Crippen molar-refractivity contribution < 1.29 is 0 Å². The minimum Gasteiger partial charge on any atom is -0.310 e. The molecule has 0 aliphatic heterocycles. The van der Waals surface area contributed by atoms with E-state index in [1.54, 1.807) is 33.6 Å². The number of benzene rings is 1. The fourth-order valence-electron chi connectivity index (χ4n) is 4.20. The maximum Gasteiger partial charge on any atom is 0.262 e. The SMILES string of the molecule is Cc1nc(C(C)n2cnc3sc4c(c3c2=O)CCC(NCc2ccccc2)C4)cs1. The number of rotatable bonds is 5. The number of thiophene rings is 1. The number of hydrogen-bond acceptors (Lipinski definition) is 6. The number of nitrogens with zero attached hydrogens (tertiary/aromatic N) is 3. The van der Waals surface area contributed by atoms with E-state index < -0.39 is 0 Å². The third kappa shape index (κ3) is 3.62. The summed E-state index contributed by atoms with van der Waals surface area (Å²) in [6.45, 7) is 4.88. The van der Waals surface area contributed by atoms with E-state index in [2.05, 4.69) is 39.6 Å². The minimum atomic E-state index is -0.112. The van der Waals surface area contributed by atoms with Gasteiger partial charge in [0.1, 0.15) is 4.83 Å². The van der Waals surface area contributed by atoms with Gasteiger partial charge in [0.2, 0.25) is 0 Å². The lowest BCUT2D eigenvalue weighted by Crippen LogP contribution is -2.34. The first-order chi connectivity index (χ1) is 14.6. The largest absolute Gasteiger partial charge is 0.310 e. The van der Waals surface area contributed by atoms with Crippen molar-refractivity contribution in [3.63, 3.8) is 0 Å². The van der Waals surface area contributed by atoms with Gasteiger partial charge in [0.25, 0.3) is 5.56 Å². The van der Waals surface area contributed by atoms with Crippen LogP contribution in [0.1, 0.15) is 46.1 Å². The summed E-state index contributed by atoms with van der Waals surface area (Å²) >= 11 is 3.29. The van der Waals surface area contributed by atoms with Crippen LogP contribution in [-0.2, 0) is 19.4 Å². The van der Waals surface area contributed by atoms with E-state index in [1.807, 2.05) is 25.3 Å². The first-order valence-electron chi connectivity index (χ1n) is 10.3. The van der Waals surface area contributed by atoms with E-state index in [4.69, 9.17) is 0 Å². The molecule has 0 spiro atoms. The Morgan fingerprint density at radius 1 is 1.30 bits per heavy atom. The Hall–Kier alpha value is -2.35. The van der Waals surface area contributed by atoms with Crippen LogP contribution in [0.4, 0.5) is 0 Å². The molecule has 30 heavy (non-hydrogen) atoms. The zero-order valence-electron chi connectivity index (χ0n) is 17.1. The summed E-state index contributed by atoms with van der Waals surface area (Å²) in [5, 5.41) is 7.55. The van der Waals surface area contributed by atoms with Crippen molar-refractivity contribution in [2.45, 2.75) is 51.7 Å². The van der Waals surface area contributed by atoms with Crippen molar-refractivity contribution in [2.75, 3.05) is 0 Å². The second-order valence-corrected chi connectivity index (χ2v) is 10.1. The van der Waals surface area contributed by atoms with Crippen LogP contribution in [0.5, 0.6) is 0 Å². The molecule has 154 valence electrons. The minimum absolute atomic E-state index is 0.0614. The van der Waals surface area contributed by atoms with Crippen LogP contribution < -0.4 is 10.9 Å². The molecule has 3 heterocycles. The predicted molar refractivity (Wildman–Crippen MR) is 124 cm³/mol. The molecule has 3 aromatic heterocycles. The van der Waals surface area contributed by atoms with E-state index in [1.165, 1.54) is 16.0 Å². The van der Waals surface area contributed by atoms with E-state index in [0.717, 1.165) is 46.7 Å². The Bertz CT molecular complexity index is 1240. The van der Waals surface area contributed by atoms with Crippen LogP contribution in [0.15, 0.2) is 46.8 Å². The predicted octanol–water partition coefficient (Wildman–Crippen LogP) is 4.48. The lowest BCUT2D eigenvalue weighted by Gasteiger charge is -2.23. The molecule has 0 bridgehead atoms. The third-order valence-corrected chi connectivity index (χ3v) is 7.87. The van der Waals surface area contributed by atoms with Crippen molar-refractivity contribution in [1.29, 1.82) is 0 Å². The zero-order valence-corrected chi connectivity index (χ0v) is 18.7. The normalized spacial score (nSPS) is 17.2. The molecule has 5 nitrogen and oxygen atoms in total. The van der Waals surface area contributed by atoms with Gasteiger partial charge in [0.05, 0.1) is 28.5 Å². The van der Waals surface area contributed by atoms with Crippen molar-refractivity contribution >= 4 is 32.9 Å². The maximum absolute atomic E-state index is 13.4. The fourth-order valence-corrected chi connectivity index (χ4v) is 6.16. The number of aromatic nitrogens is 3. The van der Waals surface area contributed by atoms with Crippen molar-refractivity contribution in [3.8, 4) is 0 Å². The molecular weight excluding hydrogens is 412 g/mol. The second kappa shape index (κ2) is 8.06. The third-order valence-electron chi connectivity index (χ3n) is 5.91. The van der Waals surface area contributed by atoms with Gasteiger partial charge in [-0.15, -0.1) is 22.7 Å². The molecule has 1 aliphatic carbocycles. The lowest BCUT2D eigenvalue weighted by molar-refractivity contribution is 0.462. The number of nitrogens with one attached hydrogen (secondary N) is 1. The molecule has 5 rings (SSSR count). The molecular formula is C23H24N4OS2. The van der Waals surface area contributed by atoms with E-state index >= 15 is 0 Å². The molecule has 1 N–H and O–H groups in total. The Balaban J connectivity index is 1.41. The highest BCUT2D eigenvalue weighted by atomic mass is 32.1. The lowest BCUT2D eigenvalue weighted by atomic mass is 9.93. The van der Waals surface area contributed by atoms with Gasteiger partial charge in [-0.25, -0.2) is 9.97 Å². The van der Waals surface area contributed by atoms with Crippen molar-refractivity contribution in [1.82, 2.24) is 19.9 Å². The van der Waals surface area contributed by atoms with Gasteiger partial charge in [0.15, 0.2) is 0 Å². The van der Waals surface area contributed by atoms with Gasteiger partial charge < -0.3 is 5.32 Å². The van der Waals surface area contributed by atoms with E-state index in [0.29, 0.717) is 6.04 Å². The number of aryl methyl sites for hydroxylation is 2. The molecule has 4 aromatic rings. The van der Waals surface area contributed by atoms with Crippen LogP contribution >= 0.6 is 22.7 Å². The van der Waals surface area contributed by atoms with Gasteiger partial charge in [-0.3, -0.25) is 9.36 Å². The molecule has 1 aromatic carbocycles. The monoisotopic (exact) mass is 436 g/mol. The molecule has 2 unspecified atom stereocenters. The van der Waals surface area contributed by atoms with Crippen LogP contribution in [0, 0.1) is 6.92 Å². The highest BCUT2D eigenvalue weighted by Gasteiger charge is 2.26. The molecule has 2 atom stereocenters. The van der Waals surface area contributed by atoms with Crippen molar-refractivity contribution in [3.05, 3.63) is 79.1 Å². The van der Waals surface area contributed by atoms with Crippen LogP contribution in [0.3, 0.4) is 0 Å². The summed E-state index contributed by atoms with van der Waals surface area (Å²) in [5.74, 6) is 0. The summed E-state index contributed by atoms with van der Waals surface area (Å²) in [5.41, 5.74) is 3.50. The average Bonchev–Trinajstić information content (AvgIpc) is 3.36. The first kappa shape index (κ1) is 19.6. The quantitative estimate of drug-likeness (QED) is 0.501. The molecule has 0 amide bonds. The number of hydrogen-bond donors (Lipinski definition) is 1. The number of thiazole rings is 1. The zero-order chi connectivity index (χ0) is 20.7. The Kier molecular flexibility index (Phi) is 5.26. The van der Waals surface area contributed by atoms with Gasteiger partial charge in [-0.2, -0.15) is 0 Å². The average molecular weight is 437 g/mol. The van der Waals surface area contributed by atoms with Crippen LogP contribution in [0.2, 0.25) is 0 Å². The van der Waals surface area contributed by atoms with Crippen LogP contribution in [0.25, 0.3) is 10.2 Å². The van der Waals surface area contributed by atoms with Gasteiger partial charge in [-0.05, 0) is 44.2 Å². The second-order valence-electron chi connectivity index (χ2n) is 7.91. The summed E-state index contributed by atoms with van der Waals surface area (Å²) < 4.78 is 1.74. The molecule has 0 fully saturated rings. The van der Waals surface area contributed by atoms with Crippen molar-refractivity contribution in [2.24, 2.45) is 0 Å². The molecule has 0 saturated carbocycles. The molecule has 1 aliphatic rings. The summed E-state index contributed by atoms with van der Waals surface area (Å²) in [6.07, 6.45) is 4.62. The molecule has 0 radical (unpaired) electrons. The fraction of sp³-hybridized carbons (Fsp3) is 0.348. The van der Waals surface area contributed by atoms with Gasteiger partial charge in [-0.1, -0.05) is 30.3 Å². The van der Waals surface area contributed by atoms with Crippen LogP contribution in [-0.4, -0.2) is 20.6 Å². The molecule has 0 saturated heterocycles. The Morgan fingerprint density at radius 3 is 2.90 bits per heavy atom. The molecule has 7 heteroatoms. The topological polar surface area (TPSA) is 59.8 Å². The highest BCUT2D eigenvalue weighted by molar-refractivity contribution is 7.18. The summed E-state index contributed by atoms with van der Waals surface area (Å²) in [7, 11) is 0. The first-order valence-corrected chi connectivity index (χ1v) is 12.0. The van der Waals surface area contributed by atoms with E-state index in [9.17, 15) is 4.79 Å². The van der Waals surface area contributed by atoms with Gasteiger partial charge in [0, 0.05) is 22.8 Å². The number of fused-ring (bicyclic) bond motifs is 3. The highest BCUT2D eigenvalue weighted by Crippen LogP contribution is 2.34. The van der Waals surface area contributed by atoms with Gasteiger partial charge >= 0.3 is 0 Å². The summed E-state index contributed by atoms with van der Waals surface area (Å²) in [4.78, 5) is 24.8.